The molecule has 1 aliphatic rings. The van der Waals surface area contributed by atoms with Crippen LogP contribution in [-0.2, 0) is 23.1 Å². The molecule has 4 heteroatoms. The minimum Gasteiger partial charge on any atom is -0.379 e. The Kier molecular flexibility index (Phi) is 2.31. The molecule has 0 atom stereocenters. The minimum atomic E-state index is -0.0132. The van der Waals surface area contributed by atoms with Gasteiger partial charge in [-0.15, -0.1) is 10.2 Å². The van der Waals surface area contributed by atoms with Crippen molar-refractivity contribution in [1.29, 1.82) is 0 Å². The summed E-state index contributed by atoms with van der Waals surface area (Å²) in [7, 11) is 0. The molecule has 2 heterocycles. The fourth-order valence-electron chi connectivity index (χ4n) is 1.99. The first-order valence-electron chi connectivity index (χ1n) is 5.16. The van der Waals surface area contributed by atoms with Crippen LogP contribution in [0.5, 0.6) is 0 Å². The van der Waals surface area contributed by atoms with Crippen LogP contribution < -0.4 is 0 Å². The van der Waals surface area contributed by atoms with Crippen LogP contribution in [0.4, 0.5) is 0 Å². The third-order valence-corrected chi connectivity index (χ3v) is 2.64. The zero-order chi connectivity index (χ0) is 10.2. The van der Waals surface area contributed by atoms with Gasteiger partial charge < -0.3 is 9.30 Å². The van der Waals surface area contributed by atoms with E-state index in [1.54, 1.807) is 0 Å². The maximum absolute atomic E-state index is 5.56. The van der Waals surface area contributed by atoms with Gasteiger partial charge in [0.25, 0.3) is 0 Å². The van der Waals surface area contributed by atoms with Gasteiger partial charge in [0.15, 0.2) is 0 Å². The number of ether oxygens (including phenoxy) is 1. The molecule has 4 nitrogen and oxygen atoms in total. The average Bonchev–Trinajstić information content (AvgIpc) is 2.50. The van der Waals surface area contributed by atoms with E-state index < -0.39 is 0 Å². The van der Waals surface area contributed by atoms with Crippen molar-refractivity contribution in [2.75, 3.05) is 13.2 Å². The van der Waals surface area contributed by atoms with Crippen molar-refractivity contribution in [3.8, 4) is 0 Å². The molecule has 0 amide bonds. The van der Waals surface area contributed by atoms with E-state index in [4.69, 9.17) is 4.74 Å². The molecule has 0 spiro atoms. The van der Waals surface area contributed by atoms with Gasteiger partial charge in [0.2, 0.25) is 0 Å². The molecule has 0 N–H and O–H groups in total. The van der Waals surface area contributed by atoms with Crippen molar-refractivity contribution in [3.63, 3.8) is 0 Å². The molecule has 78 valence electrons. The first-order chi connectivity index (χ1) is 6.65. The molecule has 1 aliphatic heterocycles. The molecular weight excluding hydrogens is 178 g/mol. The molecule has 0 aliphatic carbocycles. The Balaban J connectivity index is 2.49. The van der Waals surface area contributed by atoms with Crippen molar-refractivity contribution in [2.24, 2.45) is 0 Å². The summed E-state index contributed by atoms with van der Waals surface area (Å²) < 4.78 is 7.80. The highest BCUT2D eigenvalue weighted by atomic mass is 16.5. The van der Waals surface area contributed by atoms with Crippen molar-refractivity contribution in [3.05, 3.63) is 11.6 Å². The summed E-state index contributed by atoms with van der Waals surface area (Å²) in [4.78, 5) is 0. The fraction of sp³-hybridized carbons (Fsp3) is 0.800. The van der Waals surface area contributed by atoms with Crippen molar-refractivity contribution >= 4 is 0 Å². The maximum atomic E-state index is 5.56. The normalized spacial score (nSPS) is 20.2. The minimum absolute atomic E-state index is 0.0132. The van der Waals surface area contributed by atoms with Crippen LogP contribution in [0.25, 0.3) is 0 Å². The highest BCUT2D eigenvalue weighted by molar-refractivity contribution is 5.03. The summed E-state index contributed by atoms with van der Waals surface area (Å²) in [6, 6.07) is 0. The van der Waals surface area contributed by atoms with Crippen LogP contribution >= 0.6 is 0 Å². The van der Waals surface area contributed by atoms with Crippen LogP contribution in [0.15, 0.2) is 0 Å². The molecule has 14 heavy (non-hydrogen) atoms. The van der Waals surface area contributed by atoms with Gasteiger partial charge in [-0.1, -0.05) is 6.92 Å². The van der Waals surface area contributed by atoms with E-state index in [-0.39, 0.29) is 5.54 Å². The average molecular weight is 195 g/mol. The number of hydrogen-bond donors (Lipinski definition) is 0. The number of hydrogen-bond acceptors (Lipinski definition) is 3. The van der Waals surface area contributed by atoms with E-state index in [0.717, 1.165) is 37.7 Å². The highest BCUT2D eigenvalue weighted by Crippen LogP contribution is 2.23. The lowest BCUT2D eigenvalue weighted by Crippen LogP contribution is -2.32. The van der Waals surface area contributed by atoms with E-state index in [0.29, 0.717) is 0 Å². The van der Waals surface area contributed by atoms with E-state index in [2.05, 4.69) is 35.5 Å². The van der Waals surface area contributed by atoms with Gasteiger partial charge in [-0.25, -0.2) is 0 Å². The van der Waals surface area contributed by atoms with E-state index in [1.807, 2.05) is 0 Å². The topological polar surface area (TPSA) is 39.9 Å². The van der Waals surface area contributed by atoms with Gasteiger partial charge in [-0.3, -0.25) is 0 Å². The Morgan fingerprint density at radius 1 is 1.43 bits per heavy atom. The van der Waals surface area contributed by atoms with Gasteiger partial charge in [-0.05, 0) is 13.8 Å². The van der Waals surface area contributed by atoms with Crippen molar-refractivity contribution in [1.82, 2.24) is 14.8 Å². The number of nitrogens with zero attached hydrogens (tertiary/aromatic N) is 3. The lowest BCUT2D eigenvalue weighted by molar-refractivity contribution is 0.0825. The predicted molar refractivity (Wildman–Crippen MR) is 53.2 cm³/mol. The zero-order valence-corrected chi connectivity index (χ0v) is 9.08. The van der Waals surface area contributed by atoms with E-state index in [1.165, 1.54) is 0 Å². The van der Waals surface area contributed by atoms with E-state index >= 15 is 0 Å². The Morgan fingerprint density at radius 2 is 2.21 bits per heavy atom. The lowest BCUT2D eigenvalue weighted by atomic mass is 10.1. The first kappa shape index (κ1) is 9.65. The number of fused-ring (bicyclic) bond motifs is 1. The van der Waals surface area contributed by atoms with Crippen molar-refractivity contribution in [2.45, 2.75) is 39.2 Å². The standard InChI is InChI=1S/C10H17N3O/c1-4-8-11-12-9-5-6-14-7-10(2,3)13(8)9/h4-7H2,1-3H3. The van der Waals surface area contributed by atoms with Gasteiger partial charge in [0, 0.05) is 12.8 Å². The molecule has 0 fully saturated rings. The van der Waals surface area contributed by atoms with Crippen LogP contribution in [0.3, 0.4) is 0 Å². The highest BCUT2D eigenvalue weighted by Gasteiger charge is 2.29. The third-order valence-electron chi connectivity index (χ3n) is 2.64. The van der Waals surface area contributed by atoms with Crippen LogP contribution in [0.2, 0.25) is 0 Å². The summed E-state index contributed by atoms with van der Waals surface area (Å²) in [6.07, 6.45) is 1.80. The summed E-state index contributed by atoms with van der Waals surface area (Å²) in [5.41, 5.74) is -0.0132. The molecule has 0 aromatic carbocycles. The lowest BCUT2D eigenvalue weighted by Gasteiger charge is -2.26. The number of aromatic nitrogens is 3. The Bertz CT molecular complexity index is 330. The van der Waals surface area contributed by atoms with Gasteiger partial charge >= 0.3 is 0 Å². The largest absolute Gasteiger partial charge is 0.379 e. The number of rotatable bonds is 1. The smallest absolute Gasteiger partial charge is 0.135 e. The SMILES string of the molecule is CCc1nnc2n1C(C)(C)COCC2. The Morgan fingerprint density at radius 3 is 2.93 bits per heavy atom. The molecule has 0 bridgehead atoms. The molecule has 2 rings (SSSR count). The molecule has 0 unspecified atom stereocenters. The fourth-order valence-corrected chi connectivity index (χ4v) is 1.99. The quantitative estimate of drug-likeness (QED) is 0.675. The summed E-state index contributed by atoms with van der Waals surface area (Å²) in [5, 5.41) is 8.43. The second-order valence-corrected chi connectivity index (χ2v) is 4.34. The molecule has 0 saturated heterocycles. The first-order valence-corrected chi connectivity index (χ1v) is 5.16. The zero-order valence-electron chi connectivity index (χ0n) is 9.08. The van der Waals surface area contributed by atoms with Crippen LogP contribution in [0, 0.1) is 0 Å². The Hall–Kier alpha value is -0.900. The maximum Gasteiger partial charge on any atom is 0.135 e. The van der Waals surface area contributed by atoms with Gasteiger partial charge in [-0.2, -0.15) is 0 Å². The number of aryl methyl sites for hydroxylation is 1. The van der Waals surface area contributed by atoms with Gasteiger partial charge in [0.05, 0.1) is 18.8 Å². The third kappa shape index (κ3) is 1.43. The summed E-state index contributed by atoms with van der Waals surface area (Å²) in [5.74, 6) is 2.12. The van der Waals surface area contributed by atoms with Crippen LogP contribution in [0.1, 0.15) is 32.4 Å². The van der Waals surface area contributed by atoms with Crippen molar-refractivity contribution < 1.29 is 4.74 Å². The second kappa shape index (κ2) is 3.35. The second-order valence-electron chi connectivity index (χ2n) is 4.34. The molecule has 0 saturated carbocycles. The summed E-state index contributed by atoms with van der Waals surface area (Å²) in [6.45, 7) is 7.95. The Labute approximate surface area is 84.3 Å². The molecular formula is C10H17N3O. The van der Waals surface area contributed by atoms with Gasteiger partial charge in [0.1, 0.15) is 11.6 Å². The predicted octanol–water partition coefficient (Wildman–Crippen LogP) is 1.15. The molecule has 1 aromatic rings. The summed E-state index contributed by atoms with van der Waals surface area (Å²) >= 11 is 0. The molecule has 0 radical (unpaired) electrons. The van der Waals surface area contributed by atoms with Crippen LogP contribution in [-0.4, -0.2) is 28.0 Å². The van der Waals surface area contributed by atoms with E-state index in [9.17, 15) is 0 Å². The molecule has 1 aromatic heterocycles. The monoisotopic (exact) mass is 195 g/mol.